The quantitative estimate of drug-likeness (QED) is 0.807. The van der Waals surface area contributed by atoms with Gasteiger partial charge in [-0.25, -0.2) is 8.42 Å². The number of amides is 1. The number of carbonyl (C=O) groups is 1. The van der Waals surface area contributed by atoms with Gasteiger partial charge in [-0.3, -0.25) is 9.78 Å². The molecule has 7 nitrogen and oxygen atoms in total. The maximum atomic E-state index is 12.0. The summed E-state index contributed by atoms with van der Waals surface area (Å²) in [6.45, 7) is 0.774. The Morgan fingerprint density at radius 1 is 1.55 bits per heavy atom. The Labute approximate surface area is 130 Å². The third kappa shape index (κ3) is 4.41. The fraction of sp³-hybridized carbons (Fsp3) is 0.571. The number of carbonyl (C=O) groups excluding carboxylic acids is 1. The predicted molar refractivity (Wildman–Crippen MR) is 82.3 cm³/mol. The van der Waals surface area contributed by atoms with E-state index < -0.39 is 9.84 Å². The van der Waals surface area contributed by atoms with Crippen molar-refractivity contribution in [1.29, 1.82) is 0 Å². The Bertz CT molecular complexity index is 633. The maximum Gasteiger partial charge on any atom is 0.221 e. The SMILES string of the molecule is COc1ccncc1CNC(=O)CC1CS(=O)(=O)CCN1C. The number of methoxy groups -OCH3 is 1. The standard InChI is InChI=1S/C14H21N3O4S/c1-17-5-6-22(19,20)10-12(17)7-14(18)16-9-11-8-15-4-3-13(11)21-2/h3-4,8,12H,5-7,9-10H2,1-2H3,(H,16,18). The molecule has 1 aromatic rings. The van der Waals surface area contributed by atoms with E-state index in [2.05, 4.69) is 10.3 Å². The van der Waals surface area contributed by atoms with Gasteiger partial charge < -0.3 is 15.0 Å². The molecule has 0 aromatic carbocycles. The average molecular weight is 327 g/mol. The van der Waals surface area contributed by atoms with Gasteiger partial charge in [-0.15, -0.1) is 0 Å². The molecule has 1 amide bonds. The Morgan fingerprint density at radius 3 is 3.05 bits per heavy atom. The third-order valence-corrected chi connectivity index (χ3v) is 5.50. The predicted octanol–water partition coefficient (Wildman–Crippen LogP) is -0.175. The van der Waals surface area contributed by atoms with E-state index in [0.717, 1.165) is 5.56 Å². The highest BCUT2D eigenvalue weighted by molar-refractivity contribution is 7.91. The van der Waals surface area contributed by atoms with E-state index in [1.165, 1.54) is 0 Å². The number of hydrogen-bond acceptors (Lipinski definition) is 6. The number of nitrogens with zero attached hydrogens (tertiary/aromatic N) is 2. The van der Waals surface area contributed by atoms with Crippen LogP contribution in [0.15, 0.2) is 18.5 Å². The largest absolute Gasteiger partial charge is 0.496 e. The van der Waals surface area contributed by atoms with Crippen molar-refractivity contribution in [3.8, 4) is 5.75 Å². The molecule has 8 heteroatoms. The van der Waals surface area contributed by atoms with Gasteiger partial charge in [-0.1, -0.05) is 0 Å². The van der Waals surface area contributed by atoms with Gasteiger partial charge in [0.2, 0.25) is 5.91 Å². The molecular formula is C14H21N3O4S. The molecule has 1 unspecified atom stereocenters. The molecule has 0 spiro atoms. The van der Waals surface area contributed by atoms with E-state index in [9.17, 15) is 13.2 Å². The highest BCUT2D eigenvalue weighted by Crippen LogP contribution is 2.16. The van der Waals surface area contributed by atoms with E-state index >= 15 is 0 Å². The van der Waals surface area contributed by atoms with Crippen molar-refractivity contribution in [3.63, 3.8) is 0 Å². The second-order valence-electron chi connectivity index (χ2n) is 5.42. The first-order valence-electron chi connectivity index (χ1n) is 7.05. The van der Waals surface area contributed by atoms with Crippen molar-refractivity contribution in [2.45, 2.75) is 19.0 Å². The number of hydrogen-bond donors (Lipinski definition) is 1. The zero-order chi connectivity index (χ0) is 16.2. The lowest BCUT2D eigenvalue weighted by atomic mass is 10.2. The Morgan fingerprint density at radius 2 is 2.32 bits per heavy atom. The van der Waals surface area contributed by atoms with Crippen LogP contribution < -0.4 is 10.1 Å². The highest BCUT2D eigenvalue weighted by atomic mass is 32.2. The summed E-state index contributed by atoms with van der Waals surface area (Å²) in [6.07, 6.45) is 3.42. The molecule has 0 radical (unpaired) electrons. The lowest BCUT2D eigenvalue weighted by Crippen LogP contribution is -2.48. The van der Waals surface area contributed by atoms with E-state index in [-0.39, 0.29) is 29.9 Å². The van der Waals surface area contributed by atoms with E-state index in [4.69, 9.17) is 4.74 Å². The molecule has 0 saturated carbocycles. The van der Waals surface area contributed by atoms with Crippen LogP contribution in [-0.2, 0) is 21.2 Å². The van der Waals surface area contributed by atoms with E-state index in [0.29, 0.717) is 18.8 Å². The first-order chi connectivity index (χ1) is 10.4. The number of aromatic nitrogens is 1. The third-order valence-electron chi connectivity index (χ3n) is 3.80. The molecule has 2 heterocycles. The van der Waals surface area contributed by atoms with Crippen LogP contribution >= 0.6 is 0 Å². The van der Waals surface area contributed by atoms with Crippen molar-refractivity contribution in [3.05, 3.63) is 24.0 Å². The summed E-state index contributed by atoms with van der Waals surface area (Å²) < 4.78 is 28.5. The van der Waals surface area contributed by atoms with Crippen molar-refractivity contribution in [1.82, 2.24) is 15.2 Å². The molecule has 0 bridgehead atoms. The minimum atomic E-state index is -3.04. The van der Waals surface area contributed by atoms with Crippen molar-refractivity contribution >= 4 is 15.7 Å². The maximum absolute atomic E-state index is 12.0. The normalized spacial score (nSPS) is 21.3. The molecule has 1 aliphatic rings. The fourth-order valence-corrected chi connectivity index (χ4v) is 4.10. The van der Waals surface area contributed by atoms with Gasteiger partial charge in [-0.05, 0) is 13.1 Å². The zero-order valence-electron chi connectivity index (χ0n) is 12.8. The summed E-state index contributed by atoms with van der Waals surface area (Å²) in [5.74, 6) is 0.675. The number of pyridine rings is 1. The Balaban J connectivity index is 1.90. The first-order valence-corrected chi connectivity index (χ1v) is 8.87. The van der Waals surface area contributed by atoms with Crippen LogP contribution in [0.3, 0.4) is 0 Å². The topological polar surface area (TPSA) is 88.6 Å². The van der Waals surface area contributed by atoms with Gasteiger partial charge >= 0.3 is 0 Å². The van der Waals surface area contributed by atoms with Crippen LogP contribution in [0.2, 0.25) is 0 Å². The summed E-state index contributed by atoms with van der Waals surface area (Å²) in [7, 11) is 0.362. The summed E-state index contributed by atoms with van der Waals surface area (Å²) >= 11 is 0. The van der Waals surface area contributed by atoms with Crippen LogP contribution in [0.25, 0.3) is 0 Å². The molecule has 1 atom stereocenters. The number of sulfone groups is 1. The summed E-state index contributed by atoms with van der Waals surface area (Å²) in [5, 5.41) is 2.79. The second-order valence-corrected chi connectivity index (χ2v) is 7.65. The molecule has 0 aliphatic carbocycles. The molecule has 1 saturated heterocycles. The monoisotopic (exact) mass is 327 g/mol. The molecule has 22 heavy (non-hydrogen) atoms. The Hall–Kier alpha value is -1.67. The number of rotatable bonds is 5. The van der Waals surface area contributed by atoms with Gasteiger partial charge in [0.05, 0.1) is 18.6 Å². The van der Waals surface area contributed by atoms with Crippen LogP contribution in [0.4, 0.5) is 0 Å². The van der Waals surface area contributed by atoms with Crippen molar-refractivity contribution in [2.75, 3.05) is 32.2 Å². The zero-order valence-corrected chi connectivity index (χ0v) is 13.6. The smallest absolute Gasteiger partial charge is 0.221 e. The molecule has 1 fully saturated rings. The van der Waals surface area contributed by atoms with Gasteiger partial charge in [0, 0.05) is 43.5 Å². The van der Waals surface area contributed by atoms with Crippen molar-refractivity contribution < 1.29 is 17.9 Å². The van der Waals surface area contributed by atoms with Gasteiger partial charge in [0.1, 0.15) is 5.75 Å². The minimum Gasteiger partial charge on any atom is -0.496 e. The second kappa shape index (κ2) is 7.06. The summed E-state index contributed by atoms with van der Waals surface area (Å²) in [6, 6.07) is 1.46. The lowest BCUT2D eigenvalue weighted by molar-refractivity contribution is -0.122. The molecule has 1 aliphatic heterocycles. The van der Waals surface area contributed by atoms with Gasteiger partial charge in [0.25, 0.3) is 0 Å². The van der Waals surface area contributed by atoms with Gasteiger partial charge in [-0.2, -0.15) is 0 Å². The van der Waals surface area contributed by atoms with Crippen LogP contribution in [0.1, 0.15) is 12.0 Å². The minimum absolute atomic E-state index is 0.0349. The van der Waals surface area contributed by atoms with Crippen LogP contribution in [-0.4, -0.2) is 62.5 Å². The molecule has 2 rings (SSSR count). The highest BCUT2D eigenvalue weighted by Gasteiger charge is 2.30. The molecule has 122 valence electrons. The Kier molecular flexibility index (Phi) is 5.36. The van der Waals surface area contributed by atoms with Crippen molar-refractivity contribution in [2.24, 2.45) is 0 Å². The number of ether oxygens (including phenoxy) is 1. The van der Waals surface area contributed by atoms with E-state index in [1.807, 2.05) is 11.9 Å². The molecular weight excluding hydrogens is 306 g/mol. The first kappa shape index (κ1) is 16.7. The van der Waals surface area contributed by atoms with Crippen LogP contribution in [0.5, 0.6) is 5.75 Å². The van der Waals surface area contributed by atoms with Crippen LogP contribution in [0, 0.1) is 0 Å². The molecule has 1 N–H and O–H groups in total. The summed E-state index contributed by atoms with van der Waals surface area (Å²) in [5.41, 5.74) is 0.781. The number of nitrogens with one attached hydrogen (secondary N) is 1. The lowest BCUT2D eigenvalue weighted by Gasteiger charge is -2.31. The van der Waals surface area contributed by atoms with Gasteiger partial charge in [0.15, 0.2) is 9.84 Å². The van der Waals surface area contributed by atoms with E-state index in [1.54, 1.807) is 25.6 Å². The average Bonchev–Trinajstić information content (AvgIpc) is 2.49. The molecule has 1 aromatic heterocycles. The summed E-state index contributed by atoms with van der Waals surface area (Å²) in [4.78, 5) is 18.0. The fourth-order valence-electron chi connectivity index (χ4n) is 2.41.